The molecule has 0 aliphatic carbocycles. The van der Waals surface area contributed by atoms with Gasteiger partial charge < -0.3 is 4.74 Å². The number of carbonyl (C=O) groups excluding carboxylic acids is 1. The molecule has 0 bridgehead atoms. The molecule has 0 saturated carbocycles. The lowest BCUT2D eigenvalue weighted by Gasteiger charge is -2.22. The van der Waals surface area contributed by atoms with Gasteiger partial charge in [-0.2, -0.15) is 0 Å². The van der Waals surface area contributed by atoms with E-state index in [9.17, 15) is 4.79 Å². The van der Waals surface area contributed by atoms with Crippen LogP contribution in [0.15, 0.2) is 41.8 Å². The first-order chi connectivity index (χ1) is 11.3. The molecule has 3 aromatic rings. The number of nitrogens with zero attached hydrogens (tertiary/aromatic N) is 2. The first-order valence-corrected chi connectivity index (χ1v) is 9.33. The molecule has 118 valence electrons. The van der Waals surface area contributed by atoms with E-state index in [1.54, 1.807) is 16.2 Å². The smallest absolute Gasteiger partial charge is 0.270 e. The number of aromatic nitrogens is 1. The fourth-order valence-electron chi connectivity index (χ4n) is 2.75. The van der Waals surface area contributed by atoms with Gasteiger partial charge in [0.15, 0.2) is 5.13 Å². The molecule has 0 N–H and O–H groups in total. The average molecular weight is 344 g/mol. The molecule has 1 saturated heterocycles. The predicted molar refractivity (Wildman–Crippen MR) is 94.6 cm³/mol. The molecule has 0 radical (unpaired) electrons. The third kappa shape index (κ3) is 3.02. The summed E-state index contributed by atoms with van der Waals surface area (Å²) >= 11 is 3.02. The first kappa shape index (κ1) is 14.8. The lowest BCUT2D eigenvalue weighted by Crippen LogP contribution is -2.37. The van der Waals surface area contributed by atoms with Gasteiger partial charge in [0, 0.05) is 6.61 Å². The van der Waals surface area contributed by atoms with E-state index in [0.29, 0.717) is 6.54 Å². The van der Waals surface area contributed by atoms with Crippen LogP contribution in [-0.4, -0.2) is 30.1 Å². The van der Waals surface area contributed by atoms with Crippen molar-refractivity contribution in [1.82, 2.24) is 4.98 Å². The number of hydrogen-bond donors (Lipinski definition) is 0. The number of ether oxygens (including phenoxy) is 1. The van der Waals surface area contributed by atoms with Gasteiger partial charge in [0.1, 0.15) is 0 Å². The van der Waals surface area contributed by atoms with Crippen LogP contribution >= 0.6 is 22.7 Å². The van der Waals surface area contributed by atoms with Crippen molar-refractivity contribution in [1.29, 1.82) is 0 Å². The maximum atomic E-state index is 12.9. The summed E-state index contributed by atoms with van der Waals surface area (Å²) in [6, 6.07) is 11.8. The highest BCUT2D eigenvalue weighted by molar-refractivity contribution is 7.22. The summed E-state index contributed by atoms with van der Waals surface area (Å²) in [6.45, 7) is 1.35. The number of hydrogen-bond acceptors (Lipinski definition) is 5. The maximum absolute atomic E-state index is 12.9. The fraction of sp³-hybridized carbons (Fsp3) is 0.294. The van der Waals surface area contributed by atoms with Gasteiger partial charge in [0.25, 0.3) is 5.91 Å². The lowest BCUT2D eigenvalue weighted by atomic mass is 10.2. The Balaban J connectivity index is 1.69. The normalized spacial score (nSPS) is 17.7. The fourth-order valence-corrected chi connectivity index (χ4v) is 4.39. The van der Waals surface area contributed by atoms with E-state index in [0.717, 1.165) is 39.7 Å². The predicted octanol–water partition coefficient (Wildman–Crippen LogP) is 4.18. The number of anilines is 1. The van der Waals surface area contributed by atoms with Crippen molar-refractivity contribution in [3.8, 4) is 0 Å². The number of rotatable bonds is 4. The molecule has 1 aromatic carbocycles. The summed E-state index contributed by atoms with van der Waals surface area (Å²) in [5.41, 5.74) is 0.934. The van der Waals surface area contributed by atoms with Crippen LogP contribution in [0.25, 0.3) is 10.2 Å². The van der Waals surface area contributed by atoms with E-state index in [1.807, 2.05) is 41.8 Å². The number of thiophene rings is 1. The molecule has 6 heteroatoms. The Hall–Kier alpha value is -1.76. The minimum atomic E-state index is 0.00885. The SMILES string of the molecule is O=C(c1cccs1)N(CC1CCCO1)c1nc2ccccc2s1. The van der Waals surface area contributed by atoms with Gasteiger partial charge in [0.05, 0.1) is 27.7 Å². The summed E-state index contributed by atoms with van der Waals surface area (Å²) in [5, 5.41) is 2.68. The molecule has 1 unspecified atom stereocenters. The summed E-state index contributed by atoms with van der Waals surface area (Å²) in [6.07, 6.45) is 2.16. The van der Waals surface area contributed by atoms with Crippen LogP contribution in [0.5, 0.6) is 0 Å². The lowest BCUT2D eigenvalue weighted by molar-refractivity contribution is 0.0920. The number of amides is 1. The Morgan fingerprint density at radius 3 is 2.96 bits per heavy atom. The maximum Gasteiger partial charge on any atom is 0.270 e. The highest BCUT2D eigenvalue weighted by atomic mass is 32.1. The highest BCUT2D eigenvalue weighted by Crippen LogP contribution is 2.31. The Labute approximate surface area is 142 Å². The molecule has 0 spiro atoms. The number of para-hydroxylation sites is 1. The van der Waals surface area contributed by atoms with Gasteiger partial charge in [-0.05, 0) is 36.4 Å². The van der Waals surface area contributed by atoms with E-state index in [1.165, 1.54) is 11.3 Å². The molecule has 1 atom stereocenters. The quantitative estimate of drug-likeness (QED) is 0.713. The third-order valence-electron chi connectivity index (χ3n) is 3.90. The topological polar surface area (TPSA) is 42.4 Å². The third-order valence-corrected chi connectivity index (χ3v) is 5.82. The molecular weight excluding hydrogens is 328 g/mol. The van der Waals surface area contributed by atoms with Crippen LogP contribution in [0.4, 0.5) is 5.13 Å². The van der Waals surface area contributed by atoms with E-state index >= 15 is 0 Å². The Bertz CT molecular complexity index is 774. The van der Waals surface area contributed by atoms with Crippen LogP contribution in [0, 0.1) is 0 Å². The van der Waals surface area contributed by atoms with Crippen molar-refractivity contribution in [2.45, 2.75) is 18.9 Å². The highest BCUT2D eigenvalue weighted by Gasteiger charge is 2.27. The summed E-state index contributed by atoms with van der Waals surface area (Å²) in [7, 11) is 0. The van der Waals surface area contributed by atoms with Gasteiger partial charge in [-0.3, -0.25) is 9.69 Å². The molecule has 3 heterocycles. The van der Waals surface area contributed by atoms with E-state index in [-0.39, 0.29) is 12.0 Å². The zero-order valence-corrected chi connectivity index (χ0v) is 14.1. The van der Waals surface area contributed by atoms with Crippen molar-refractivity contribution in [2.75, 3.05) is 18.1 Å². The summed E-state index contributed by atoms with van der Waals surface area (Å²) in [5.74, 6) is 0.00885. The molecule has 1 aliphatic heterocycles. The first-order valence-electron chi connectivity index (χ1n) is 7.64. The molecule has 2 aromatic heterocycles. The minimum Gasteiger partial charge on any atom is -0.376 e. The number of thiazole rings is 1. The van der Waals surface area contributed by atoms with Crippen LogP contribution in [-0.2, 0) is 4.74 Å². The van der Waals surface area contributed by atoms with Crippen molar-refractivity contribution in [3.05, 3.63) is 46.7 Å². The van der Waals surface area contributed by atoms with Gasteiger partial charge in [-0.1, -0.05) is 29.5 Å². The van der Waals surface area contributed by atoms with E-state index in [4.69, 9.17) is 4.74 Å². The zero-order chi connectivity index (χ0) is 15.6. The standard InChI is InChI=1S/C17H16N2O2S2/c20-16(15-8-4-10-22-15)19(11-12-5-3-9-21-12)17-18-13-6-1-2-7-14(13)23-17/h1-2,4,6-8,10,12H,3,5,9,11H2. The molecule has 1 fully saturated rings. The summed E-state index contributed by atoms with van der Waals surface area (Å²) in [4.78, 5) is 20.1. The Morgan fingerprint density at radius 2 is 2.22 bits per heavy atom. The number of benzene rings is 1. The van der Waals surface area contributed by atoms with Crippen molar-refractivity contribution in [3.63, 3.8) is 0 Å². The monoisotopic (exact) mass is 344 g/mol. The number of carbonyl (C=O) groups is 1. The summed E-state index contributed by atoms with van der Waals surface area (Å²) < 4.78 is 6.83. The van der Waals surface area contributed by atoms with Gasteiger partial charge >= 0.3 is 0 Å². The van der Waals surface area contributed by atoms with Crippen LogP contribution in [0.3, 0.4) is 0 Å². The molecule has 4 nitrogen and oxygen atoms in total. The second-order valence-electron chi connectivity index (χ2n) is 5.49. The molecule has 23 heavy (non-hydrogen) atoms. The van der Waals surface area contributed by atoms with E-state index < -0.39 is 0 Å². The van der Waals surface area contributed by atoms with Gasteiger partial charge in [-0.25, -0.2) is 4.98 Å². The Morgan fingerprint density at radius 1 is 1.30 bits per heavy atom. The zero-order valence-electron chi connectivity index (χ0n) is 12.5. The van der Waals surface area contributed by atoms with Crippen molar-refractivity contribution >= 4 is 43.9 Å². The molecule has 1 amide bonds. The largest absolute Gasteiger partial charge is 0.376 e. The van der Waals surface area contributed by atoms with Crippen molar-refractivity contribution in [2.24, 2.45) is 0 Å². The second kappa shape index (κ2) is 6.39. The van der Waals surface area contributed by atoms with E-state index in [2.05, 4.69) is 4.98 Å². The van der Waals surface area contributed by atoms with Crippen LogP contribution in [0.2, 0.25) is 0 Å². The number of fused-ring (bicyclic) bond motifs is 1. The molecule has 4 rings (SSSR count). The van der Waals surface area contributed by atoms with Gasteiger partial charge in [0.2, 0.25) is 0 Å². The average Bonchev–Trinajstić information content (AvgIpc) is 3.32. The van der Waals surface area contributed by atoms with Crippen LogP contribution < -0.4 is 4.90 Å². The second-order valence-corrected chi connectivity index (χ2v) is 7.45. The van der Waals surface area contributed by atoms with Crippen molar-refractivity contribution < 1.29 is 9.53 Å². The van der Waals surface area contributed by atoms with Gasteiger partial charge in [-0.15, -0.1) is 11.3 Å². The minimum absolute atomic E-state index is 0.00885. The Kier molecular flexibility index (Phi) is 4.11. The molecular formula is C17H16N2O2S2. The molecule has 1 aliphatic rings. The van der Waals surface area contributed by atoms with Crippen LogP contribution in [0.1, 0.15) is 22.5 Å².